The molecule has 2 aromatic rings. The first kappa shape index (κ1) is 22.1. The number of nitrogens with two attached hydrogens (primary N) is 1. The van der Waals surface area contributed by atoms with Crippen LogP contribution >= 0.6 is 0 Å². The van der Waals surface area contributed by atoms with Crippen molar-refractivity contribution in [2.45, 2.75) is 19.9 Å². The number of anilines is 1. The van der Waals surface area contributed by atoms with E-state index in [2.05, 4.69) is 5.32 Å². The molecule has 0 spiro atoms. The number of rotatable bonds is 9. The highest BCUT2D eigenvalue weighted by Gasteiger charge is 2.23. The molecule has 1 aromatic heterocycles. The summed E-state index contributed by atoms with van der Waals surface area (Å²) in [7, 11) is 2.91. The minimum atomic E-state index is -0.745. The predicted octanol–water partition coefficient (Wildman–Crippen LogP) is -0.182. The van der Waals surface area contributed by atoms with Gasteiger partial charge in [-0.1, -0.05) is 37.3 Å². The van der Waals surface area contributed by atoms with E-state index in [1.165, 1.54) is 16.5 Å². The van der Waals surface area contributed by atoms with Gasteiger partial charge in [-0.05, 0) is 19.0 Å². The zero-order chi connectivity index (χ0) is 21.6. The van der Waals surface area contributed by atoms with Crippen molar-refractivity contribution >= 4 is 17.5 Å². The minimum Gasteiger partial charge on any atom is -0.384 e. The highest BCUT2D eigenvalue weighted by molar-refractivity contribution is 6.01. The lowest BCUT2D eigenvalue weighted by Crippen LogP contribution is -2.44. The van der Waals surface area contributed by atoms with E-state index in [-0.39, 0.29) is 36.9 Å². The number of ketones is 1. The predicted molar refractivity (Wildman–Crippen MR) is 111 cm³/mol. The zero-order valence-electron chi connectivity index (χ0n) is 17.0. The van der Waals surface area contributed by atoms with Gasteiger partial charge < -0.3 is 11.1 Å². The molecule has 9 nitrogen and oxygen atoms in total. The van der Waals surface area contributed by atoms with E-state index >= 15 is 0 Å². The van der Waals surface area contributed by atoms with Gasteiger partial charge in [0.1, 0.15) is 11.4 Å². The van der Waals surface area contributed by atoms with Gasteiger partial charge in [0.15, 0.2) is 5.78 Å². The Morgan fingerprint density at radius 1 is 1.14 bits per heavy atom. The van der Waals surface area contributed by atoms with Crippen LogP contribution < -0.4 is 22.3 Å². The van der Waals surface area contributed by atoms with Crippen LogP contribution in [0.5, 0.6) is 0 Å². The van der Waals surface area contributed by atoms with E-state index in [1.807, 2.05) is 37.3 Å². The molecule has 1 amide bonds. The van der Waals surface area contributed by atoms with E-state index in [0.717, 1.165) is 16.6 Å². The van der Waals surface area contributed by atoms with Gasteiger partial charge in [0.25, 0.3) is 5.56 Å². The maximum Gasteiger partial charge on any atom is 0.332 e. The van der Waals surface area contributed by atoms with Crippen LogP contribution in [0, 0.1) is 0 Å². The molecular weight excluding hydrogens is 374 g/mol. The van der Waals surface area contributed by atoms with Crippen molar-refractivity contribution in [1.29, 1.82) is 0 Å². The fraction of sp³-hybridized carbons (Fsp3) is 0.400. The van der Waals surface area contributed by atoms with E-state index in [1.54, 1.807) is 7.05 Å². The van der Waals surface area contributed by atoms with Crippen LogP contribution in [0.1, 0.15) is 29.3 Å². The second-order valence-corrected chi connectivity index (χ2v) is 6.92. The average Bonchev–Trinajstić information content (AvgIpc) is 2.68. The molecule has 0 atom stereocenters. The van der Waals surface area contributed by atoms with Gasteiger partial charge in [0.2, 0.25) is 5.91 Å². The Morgan fingerprint density at radius 3 is 2.41 bits per heavy atom. The number of Topliss-reactive ketones (excluding diaryl/α,β-unsaturated/α-hetero) is 1. The Morgan fingerprint density at radius 2 is 1.79 bits per heavy atom. The number of carbonyl (C=O) groups excluding carboxylic acids is 2. The third kappa shape index (κ3) is 5.41. The molecule has 0 radical (unpaired) electrons. The zero-order valence-corrected chi connectivity index (χ0v) is 17.0. The van der Waals surface area contributed by atoms with Crippen LogP contribution in [0.4, 0.5) is 5.82 Å². The van der Waals surface area contributed by atoms with Gasteiger partial charge in [0, 0.05) is 13.6 Å². The molecular formula is C20H27N5O4. The van der Waals surface area contributed by atoms with Crippen LogP contribution in [0.2, 0.25) is 0 Å². The number of nitrogens with one attached hydrogen (secondary N) is 1. The molecule has 29 heavy (non-hydrogen) atoms. The minimum absolute atomic E-state index is 0.00954. The summed E-state index contributed by atoms with van der Waals surface area (Å²) >= 11 is 0. The standard InChI is InChI=1S/C20H27N5O4/c1-4-10-22-16(27)13-23(2)12-15(26)17-18(21)25(20(29)24(3)19(17)28)11-14-8-6-5-7-9-14/h5-9H,4,10-13,21H2,1-3H3,(H,22,27). The highest BCUT2D eigenvalue weighted by Crippen LogP contribution is 2.10. The van der Waals surface area contributed by atoms with Crippen LogP contribution in [-0.2, 0) is 18.4 Å². The lowest BCUT2D eigenvalue weighted by molar-refractivity contribution is -0.121. The molecule has 0 bridgehead atoms. The molecule has 1 aromatic carbocycles. The number of nitrogen functional groups attached to an aromatic ring is 1. The van der Waals surface area contributed by atoms with Gasteiger partial charge in [-0.2, -0.15) is 0 Å². The highest BCUT2D eigenvalue weighted by atomic mass is 16.2. The quantitative estimate of drug-likeness (QED) is 0.563. The molecule has 2 rings (SSSR count). The van der Waals surface area contributed by atoms with Crippen LogP contribution in [-0.4, -0.2) is 52.4 Å². The molecule has 3 N–H and O–H groups in total. The Kier molecular flexibility index (Phi) is 7.49. The van der Waals surface area contributed by atoms with Crippen molar-refractivity contribution in [3.63, 3.8) is 0 Å². The summed E-state index contributed by atoms with van der Waals surface area (Å²) in [5.74, 6) is -0.927. The number of benzene rings is 1. The van der Waals surface area contributed by atoms with Crippen molar-refractivity contribution in [3.05, 3.63) is 62.3 Å². The summed E-state index contributed by atoms with van der Waals surface area (Å²) in [4.78, 5) is 51.2. The lowest BCUT2D eigenvalue weighted by Gasteiger charge is -2.18. The molecule has 0 aliphatic rings. The third-order valence-electron chi connectivity index (χ3n) is 4.44. The second kappa shape index (κ2) is 9.83. The van der Waals surface area contributed by atoms with Crippen LogP contribution in [0.3, 0.4) is 0 Å². The maximum atomic E-state index is 12.8. The summed E-state index contributed by atoms with van der Waals surface area (Å²) in [5.41, 5.74) is 5.30. The molecule has 9 heteroatoms. The largest absolute Gasteiger partial charge is 0.384 e. The number of hydrogen-bond donors (Lipinski definition) is 2. The molecule has 1 heterocycles. The van der Waals surface area contributed by atoms with Gasteiger partial charge in [-0.25, -0.2) is 4.79 Å². The Labute approximate surface area is 168 Å². The van der Waals surface area contributed by atoms with Crippen LogP contribution in [0.15, 0.2) is 39.9 Å². The smallest absolute Gasteiger partial charge is 0.332 e. The Balaban J connectivity index is 2.30. The average molecular weight is 401 g/mol. The number of hydrogen-bond acceptors (Lipinski definition) is 6. The topological polar surface area (TPSA) is 119 Å². The van der Waals surface area contributed by atoms with Crippen molar-refractivity contribution < 1.29 is 9.59 Å². The Bertz CT molecular complexity index is 994. The number of likely N-dealkylation sites (N-methyl/N-ethyl adjacent to an activating group) is 1. The van der Waals surface area contributed by atoms with E-state index in [9.17, 15) is 19.2 Å². The molecule has 0 aliphatic heterocycles. The first-order valence-corrected chi connectivity index (χ1v) is 9.37. The SMILES string of the molecule is CCCNC(=O)CN(C)CC(=O)c1c(N)n(Cc2ccccc2)c(=O)n(C)c1=O. The molecule has 0 unspecified atom stereocenters. The van der Waals surface area contributed by atoms with Crippen molar-refractivity contribution in [2.75, 3.05) is 32.4 Å². The van der Waals surface area contributed by atoms with E-state index < -0.39 is 17.0 Å². The number of carbonyl (C=O) groups is 2. The summed E-state index contributed by atoms with van der Waals surface area (Å²) in [5, 5.41) is 2.72. The van der Waals surface area contributed by atoms with E-state index in [4.69, 9.17) is 5.73 Å². The van der Waals surface area contributed by atoms with Crippen molar-refractivity contribution in [1.82, 2.24) is 19.4 Å². The fourth-order valence-electron chi connectivity index (χ4n) is 2.91. The second-order valence-electron chi connectivity index (χ2n) is 6.92. The number of nitrogens with zero attached hydrogens (tertiary/aromatic N) is 3. The first-order chi connectivity index (χ1) is 13.8. The molecule has 0 aliphatic carbocycles. The van der Waals surface area contributed by atoms with Gasteiger partial charge in [-0.15, -0.1) is 0 Å². The maximum absolute atomic E-state index is 12.8. The van der Waals surface area contributed by atoms with Gasteiger partial charge >= 0.3 is 5.69 Å². The van der Waals surface area contributed by atoms with Crippen LogP contribution in [0.25, 0.3) is 0 Å². The summed E-state index contributed by atoms with van der Waals surface area (Å²) in [6, 6.07) is 9.13. The lowest BCUT2D eigenvalue weighted by atomic mass is 10.1. The molecule has 156 valence electrons. The summed E-state index contributed by atoms with van der Waals surface area (Å²) in [6.07, 6.45) is 0.809. The normalized spacial score (nSPS) is 10.9. The van der Waals surface area contributed by atoms with Crippen molar-refractivity contribution in [3.8, 4) is 0 Å². The number of aromatic nitrogens is 2. The third-order valence-corrected chi connectivity index (χ3v) is 4.44. The summed E-state index contributed by atoms with van der Waals surface area (Å²) in [6.45, 7) is 2.46. The fourth-order valence-corrected chi connectivity index (χ4v) is 2.91. The van der Waals surface area contributed by atoms with Gasteiger partial charge in [-0.3, -0.25) is 28.4 Å². The Hall–Kier alpha value is -3.20. The number of amides is 1. The first-order valence-electron chi connectivity index (χ1n) is 9.37. The van der Waals surface area contributed by atoms with E-state index in [0.29, 0.717) is 6.54 Å². The summed E-state index contributed by atoms with van der Waals surface area (Å²) < 4.78 is 2.08. The molecule has 0 saturated carbocycles. The monoisotopic (exact) mass is 401 g/mol. The van der Waals surface area contributed by atoms with Crippen molar-refractivity contribution in [2.24, 2.45) is 7.05 Å². The molecule has 0 fully saturated rings. The molecule has 0 saturated heterocycles. The van der Waals surface area contributed by atoms with Gasteiger partial charge in [0.05, 0.1) is 19.6 Å².